The van der Waals surface area contributed by atoms with E-state index in [-0.39, 0.29) is 18.9 Å². The van der Waals surface area contributed by atoms with Crippen molar-refractivity contribution in [3.63, 3.8) is 0 Å². The molecule has 2 atom stereocenters. The van der Waals surface area contributed by atoms with Gasteiger partial charge < -0.3 is 10.1 Å². The maximum Gasteiger partial charge on any atom is 0.263 e. The molecular weight excluding hydrogens is 354 g/mol. The highest BCUT2D eigenvalue weighted by atomic mass is 19.3. The predicted molar refractivity (Wildman–Crippen MR) is 99.6 cm³/mol. The van der Waals surface area contributed by atoms with Gasteiger partial charge in [-0.15, -0.1) is 0 Å². The summed E-state index contributed by atoms with van der Waals surface area (Å²) in [5.74, 6) is -2.90. The summed E-state index contributed by atoms with van der Waals surface area (Å²) in [7, 11) is 1.54. The van der Waals surface area contributed by atoms with E-state index in [9.17, 15) is 18.4 Å². The van der Waals surface area contributed by atoms with Crippen molar-refractivity contribution < 1.29 is 18.4 Å². The van der Waals surface area contributed by atoms with E-state index in [4.69, 9.17) is 5.26 Å². The molecule has 1 fully saturated rings. The molecule has 0 aliphatic carbocycles. The molecule has 2 heterocycles. The van der Waals surface area contributed by atoms with Crippen LogP contribution in [0, 0.1) is 11.3 Å². The van der Waals surface area contributed by atoms with Gasteiger partial charge in [-0.25, -0.2) is 8.78 Å². The number of aldehydes is 1. The van der Waals surface area contributed by atoms with Gasteiger partial charge in [-0.3, -0.25) is 14.7 Å². The zero-order valence-corrected chi connectivity index (χ0v) is 16.5. The van der Waals surface area contributed by atoms with Gasteiger partial charge >= 0.3 is 0 Å². The van der Waals surface area contributed by atoms with E-state index in [0.717, 1.165) is 12.1 Å². The average molecular weight is 382 g/mol. The number of nitrogens with one attached hydrogen (secondary N) is 1. The van der Waals surface area contributed by atoms with Crippen LogP contribution in [0.2, 0.25) is 0 Å². The van der Waals surface area contributed by atoms with Crippen LogP contribution in [0.5, 0.6) is 0 Å². The third-order valence-corrected chi connectivity index (χ3v) is 3.66. The number of aromatic nitrogens is 1. The number of carbonyl (C=O) groups is 2. The fourth-order valence-corrected chi connectivity index (χ4v) is 2.26. The smallest absolute Gasteiger partial charge is 0.263 e. The second kappa shape index (κ2) is 12.1. The van der Waals surface area contributed by atoms with E-state index < -0.39 is 18.0 Å². The number of alkyl halides is 2. The fraction of sp³-hybridized carbons (Fsp3) is 0.579. The topological polar surface area (TPSA) is 86.1 Å². The summed E-state index contributed by atoms with van der Waals surface area (Å²) < 4.78 is 24.9. The Morgan fingerprint density at radius 3 is 2.59 bits per heavy atom. The molecule has 0 bridgehead atoms. The largest absolute Gasteiger partial charge is 0.343 e. The molecule has 1 N–H and O–H groups in total. The van der Waals surface area contributed by atoms with Gasteiger partial charge in [0.2, 0.25) is 0 Å². The number of rotatable bonds is 4. The van der Waals surface area contributed by atoms with Gasteiger partial charge in [-0.05, 0) is 32.5 Å². The van der Waals surface area contributed by atoms with Crippen molar-refractivity contribution in [3.05, 3.63) is 29.6 Å². The van der Waals surface area contributed by atoms with Crippen LogP contribution in [0.1, 0.15) is 50.2 Å². The molecule has 0 spiro atoms. The number of likely N-dealkylation sites (tertiary alicyclic amines) is 1. The Labute approximate surface area is 159 Å². The van der Waals surface area contributed by atoms with Crippen molar-refractivity contribution in [1.82, 2.24) is 15.2 Å². The van der Waals surface area contributed by atoms with E-state index in [2.05, 4.69) is 10.3 Å². The SMILES string of the molecule is CC.CCc1cc(C(=O)NC(C)C=O)ccn1.CN1CC(F)(F)CC1C#N. The Kier molecular flexibility index (Phi) is 11.0. The Morgan fingerprint density at radius 2 is 2.19 bits per heavy atom. The second-order valence-electron chi connectivity index (χ2n) is 5.91. The first-order valence-corrected chi connectivity index (χ1v) is 8.91. The molecule has 1 aromatic heterocycles. The van der Waals surface area contributed by atoms with Crippen molar-refractivity contribution >= 4 is 12.2 Å². The lowest BCUT2D eigenvalue weighted by molar-refractivity contribution is -0.109. The maximum absolute atomic E-state index is 12.4. The Hall–Kier alpha value is -2.40. The first kappa shape index (κ1) is 24.6. The Morgan fingerprint density at radius 1 is 1.56 bits per heavy atom. The number of halogens is 2. The quantitative estimate of drug-likeness (QED) is 0.810. The second-order valence-corrected chi connectivity index (χ2v) is 5.91. The summed E-state index contributed by atoms with van der Waals surface area (Å²) in [6.45, 7) is 7.32. The summed E-state index contributed by atoms with van der Waals surface area (Å²) >= 11 is 0. The van der Waals surface area contributed by atoms with Gasteiger partial charge in [0.05, 0.1) is 18.7 Å². The summed E-state index contributed by atoms with van der Waals surface area (Å²) in [6.07, 6.45) is 2.75. The van der Waals surface area contributed by atoms with Crippen LogP contribution in [0.25, 0.3) is 0 Å². The van der Waals surface area contributed by atoms with Crippen LogP contribution < -0.4 is 5.32 Å². The first-order chi connectivity index (χ1) is 12.7. The van der Waals surface area contributed by atoms with E-state index >= 15 is 0 Å². The number of nitrogens with zero attached hydrogens (tertiary/aromatic N) is 3. The fourth-order valence-electron chi connectivity index (χ4n) is 2.26. The van der Waals surface area contributed by atoms with Crippen molar-refractivity contribution in [2.24, 2.45) is 0 Å². The van der Waals surface area contributed by atoms with Gasteiger partial charge in [0.25, 0.3) is 11.8 Å². The lowest BCUT2D eigenvalue weighted by atomic mass is 10.2. The highest BCUT2D eigenvalue weighted by Crippen LogP contribution is 2.30. The van der Waals surface area contributed by atoms with Crippen LogP contribution in [0.3, 0.4) is 0 Å². The molecule has 1 aliphatic rings. The molecule has 1 amide bonds. The number of nitriles is 1. The molecule has 150 valence electrons. The van der Waals surface area contributed by atoms with E-state index in [1.807, 2.05) is 26.8 Å². The number of hydrogen-bond donors (Lipinski definition) is 1. The standard InChI is InChI=1S/C11H14N2O2.C6H8F2N2.C2H6/c1-3-10-6-9(4-5-12-10)11(15)13-8(2)7-14;1-10-4-6(7,8)2-5(10)3-9;1-2/h4-8H,3H2,1-2H3,(H,13,15);5H,2,4H2,1H3;1-2H3. The molecule has 0 aromatic carbocycles. The first-order valence-electron chi connectivity index (χ1n) is 8.91. The number of hydrogen-bond acceptors (Lipinski definition) is 5. The highest BCUT2D eigenvalue weighted by Gasteiger charge is 2.43. The monoisotopic (exact) mass is 382 g/mol. The molecule has 0 saturated carbocycles. The van der Waals surface area contributed by atoms with Crippen LogP contribution in [-0.2, 0) is 11.2 Å². The zero-order chi connectivity index (χ0) is 21.0. The van der Waals surface area contributed by atoms with Crippen LogP contribution in [0.15, 0.2) is 18.3 Å². The lowest BCUT2D eigenvalue weighted by Crippen LogP contribution is -2.33. The molecule has 1 aromatic rings. The van der Waals surface area contributed by atoms with Crippen molar-refractivity contribution in [3.8, 4) is 6.07 Å². The summed E-state index contributed by atoms with van der Waals surface area (Å²) in [4.78, 5) is 27.4. The minimum atomic E-state index is -2.66. The van der Waals surface area contributed by atoms with Gasteiger partial charge in [0, 0.05) is 23.9 Å². The molecule has 6 nitrogen and oxygen atoms in total. The van der Waals surface area contributed by atoms with E-state index in [0.29, 0.717) is 11.8 Å². The van der Waals surface area contributed by atoms with Crippen LogP contribution in [0.4, 0.5) is 8.78 Å². The molecule has 1 aliphatic heterocycles. The summed E-state index contributed by atoms with van der Waals surface area (Å²) in [5.41, 5.74) is 1.40. The Bertz CT molecular complexity index is 647. The number of pyridine rings is 1. The molecular formula is C19H28F2N4O2. The number of amides is 1. The molecule has 2 rings (SSSR count). The van der Waals surface area contributed by atoms with Crippen molar-refractivity contribution in [2.45, 2.75) is 58.5 Å². The van der Waals surface area contributed by atoms with Crippen LogP contribution in [-0.4, -0.2) is 53.7 Å². The number of aryl methyl sites for hydroxylation is 1. The minimum Gasteiger partial charge on any atom is -0.343 e. The molecule has 2 unspecified atom stereocenters. The molecule has 1 saturated heterocycles. The Balaban J connectivity index is 0.000000488. The normalized spacial score (nSPS) is 18.7. The van der Waals surface area contributed by atoms with E-state index in [1.165, 1.54) is 11.9 Å². The van der Waals surface area contributed by atoms with Crippen molar-refractivity contribution in [2.75, 3.05) is 13.6 Å². The van der Waals surface area contributed by atoms with Gasteiger partial charge in [0.15, 0.2) is 0 Å². The zero-order valence-electron chi connectivity index (χ0n) is 16.5. The maximum atomic E-state index is 12.4. The lowest BCUT2D eigenvalue weighted by Gasteiger charge is -2.09. The highest BCUT2D eigenvalue weighted by molar-refractivity contribution is 5.95. The average Bonchev–Trinajstić information content (AvgIpc) is 2.95. The van der Waals surface area contributed by atoms with Gasteiger partial charge in [-0.2, -0.15) is 5.26 Å². The predicted octanol–water partition coefficient (Wildman–Crippen LogP) is 2.84. The van der Waals surface area contributed by atoms with E-state index in [1.54, 1.807) is 25.3 Å². The summed E-state index contributed by atoms with van der Waals surface area (Å²) in [5, 5.41) is 10.9. The third kappa shape index (κ3) is 8.69. The van der Waals surface area contributed by atoms with Gasteiger partial charge in [-0.1, -0.05) is 20.8 Å². The molecule has 8 heteroatoms. The molecule has 0 radical (unpaired) electrons. The third-order valence-electron chi connectivity index (χ3n) is 3.66. The van der Waals surface area contributed by atoms with Gasteiger partial charge in [0.1, 0.15) is 12.3 Å². The summed E-state index contributed by atoms with van der Waals surface area (Å²) in [6, 6.07) is 4.11. The molecule has 27 heavy (non-hydrogen) atoms. The minimum absolute atomic E-state index is 0.244. The van der Waals surface area contributed by atoms with Crippen molar-refractivity contribution in [1.29, 1.82) is 5.26 Å². The van der Waals surface area contributed by atoms with Crippen LogP contribution >= 0.6 is 0 Å². The number of carbonyl (C=O) groups excluding carboxylic acids is 2.